The van der Waals surface area contributed by atoms with Gasteiger partial charge in [-0.3, -0.25) is 0 Å². The van der Waals surface area contributed by atoms with Crippen LogP contribution in [0.4, 0.5) is 0 Å². The number of aliphatic carboxylic acids is 1. The van der Waals surface area contributed by atoms with Gasteiger partial charge < -0.3 is 9.94 Å². The molecule has 48 valence electrons. The summed E-state index contributed by atoms with van der Waals surface area (Å²) in [6, 6.07) is 0. The van der Waals surface area contributed by atoms with Gasteiger partial charge >= 0.3 is 5.97 Å². The quantitative estimate of drug-likeness (QED) is 0.374. The molecule has 0 saturated heterocycles. The SMILES string of the molecule is CON=C(C)C(=O)O.[Zn]. The Balaban J connectivity index is 0. The molecule has 0 aromatic heterocycles. The van der Waals surface area contributed by atoms with Crippen LogP contribution in [0.2, 0.25) is 0 Å². The van der Waals surface area contributed by atoms with Crippen LogP contribution in [0.15, 0.2) is 5.16 Å². The molecule has 1 N–H and O–H groups in total. The Hall–Kier alpha value is -0.437. The summed E-state index contributed by atoms with van der Waals surface area (Å²) in [5.41, 5.74) is -0.0486. The second-order valence-corrected chi connectivity index (χ2v) is 1.16. The monoisotopic (exact) mass is 181 g/mol. The van der Waals surface area contributed by atoms with Gasteiger partial charge in [-0.25, -0.2) is 4.79 Å². The third-order valence-corrected chi connectivity index (χ3v) is 0.538. The van der Waals surface area contributed by atoms with Gasteiger partial charge in [-0.05, 0) is 6.92 Å². The standard InChI is InChI=1S/C4H7NO3.Zn/c1-3(4(6)7)5-8-2;/h1-2H3,(H,6,7);. The maximum Gasteiger partial charge on any atom is 0.353 e. The second kappa shape index (κ2) is 5.70. The fourth-order valence-electron chi connectivity index (χ4n) is 0.176. The Kier molecular flexibility index (Phi) is 7.20. The summed E-state index contributed by atoms with van der Waals surface area (Å²) in [7, 11) is 1.30. The molecule has 0 aliphatic rings. The predicted molar refractivity (Wildman–Crippen MR) is 27.8 cm³/mol. The average molecular weight is 182 g/mol. The molecule has 0 rings (SSSR count). The van der Waals surface area contributed by atoms with Crippen LogP contribution in [-0.4, -0.2) is 23.9 Å². The van der Waals surface area contributed by atoms with Gasteiger partial charge in [-0.2, -0.15) is 0 Å². The molecule has 0 atom stereocenters. The normalized spacial score (nSPS) is 9.78. The Labute approximate surface area is 65.6 Å². The van der Waals surface area contributed by atoms with Crippen LogP contribution in [0, 0.1) is 0 Å². The molecule has 0 aliphatic heterocycles. The van der Waals surface area contributed by atoms with Crippen LogP contribution in [0.5, 0.6) is 0 Å². The van der Waals surface area contributed by atoms with Crippen LogP contribution in [0.1, 0.15) is 6.92 Å². The molecular formula is C4H7NO3Zn. The Morgan fingerprint density at radius 2 is 2.11 bits per heavy atom. The summed E-state index contributed by atoms with van der Waals surface area (Å²) in [4.78, 5) is 14.1. The zero-order valence-corrected chi connectivity index (χ0v) is 8.39. The van der Waals surface area contributed by atoms with Crippen molar-refractivity contribution in [3.05, 3.63) is 0 Å². The van der Waals surface area contributed by atoms with E-state index in [1.807, 2.05) is 0 Å². The Bertz CT molecular complexity index is 123. The van der Waals surface area contributed by atoms with E-state index in [1.54, 1.807) is 0 Å². The van der Waals surface area contributed by atoms with E-state index in [4.69, 9.17) is 5.11 Å². The summed E-state index contributed by atoms with van der Waals surface area (Å²) < 4.78 is 0. The van der Waals surface area contributed by atoms with Gasteiger partial charge in [0.15, 0.2) is 5.71 Å². The van der Waals surface area contributed by atoms with Crippen LogP contribution >= 0.6 is 0 Å². The number of nitrogens with zero attached hydrogens (tertiary/aromatic N) is 1. The van der Waals surface area contributed by atoms with Crippen molar-refractivity contribution in [2.45, 2.75) is 6.92 Å². The van der Waals surface area contributed by atoms with E-state index in [9.17, 15) is 4.79 Å². The number of oxime groups is 1. The molecule has 0 bridgehead atoms. The molecule has 0 aromatic carbocycles. The first-order valence-electron chi connectivity index (χ1n) is 1.99. The first-order chi connectivity index (χ1) is 3.68. The number of rotatable bonds is 2. The van der Waals surface area contributed by atoms with Crippen molar-refractivity contribution in [3.8, 4) is 0 Å². The van der Waals surface area contributed by atoms with E-state index in [1.165, 1.54) is 14.0 Å². The molecule has 0 radical (unpaired) electrons. The second-order valence-electron chi connectivity index (χ2n) is 1.16. The van der Waals surface area contributed by atoms with Gasteiger partial charge in [0.2, 0.25) is 0 Å². The molecule has 9 heavy (non-hydrogen) atoms. The molecule has 0 heterocycles. The summed E-state index contributed by atoms with van der Waals surface area (Å²) >= 11 is 0. The molecule has 5 heteroatoms. The van der Waals surface area contributed by atoms with Crippen molar-refractivity contribution in [3.63, 3.8) is 0 Å². The summed E-state index contributed by atoms with van der Waals surface area (Å²) in [6.45, 7) is 1.35. The van der Waals surface area contributed by atoms with E-state index in [0.717, 1.165) is 0 Å². The third-order valence-electron chi connectivity index (χ3n) is 0.538. The van der Waals surface area contributed by atoms with Crippen molar-refractivity contribution in [2.24, 2.45) is 5.16 Å². The average Bonchev–Trinajstić information content (AvgIpc) is 1.67. The van der Waals surface area contributed by atoms with Crippen molar-refractivity contribution in [2.75, 3.05) is 7.11 Å². The van der Waals surface area contributed by atoms with Crippen LogP contribution in [0.3, 0.4) is 0 Å². The zero-order chi connectivity index (χ0) is 6.57. The summed E-state index contributed by atoms with van der Waals surface area (Å²) in [5, 5.41) is 11.2. The molecule has 0 fully saturated rings. The van der Waals surface area contributed by atoms with Crippen molar-refractivity contribution in [1.82, 2.24) is 0 Å². The van der Waals surface area contributed by atoms with Gasteiger partial charge in [0.1, 0.15) is 7.11 Å². The smallest absolute Gasteiger partial charge is 0.353 e. The minimum absolute atomic E-state index is 0. The van der Waals surface area contributed by atoms with Crippen molar-refractivity contribution < 1.29 is 34.2 Å². The van der Waals surface area contributed by atoms with Gasteiger partial charge in [-0.15, -0.1) is 0 Å². The fourth-order valence-corrected chi connectivity index (χ4v) is 0.176. The molecule has 0 spiro atoms. The molecule has 0 unspecified atom stereocenters. The third kappa shape index (κ3) is 5.43. The van der Waals surface area contributed by atoms with Gasteiger partial charge in [-0.1, -0.05) is 5.16 Å². The number of hydrogen-bond donors (Lipinski definition) is 1. The first-order valence-corrected chi connectivity index (χ1v) is 1.99. The Morgan fingerprint density at radius 1 is 1.67 bits per heavy atom. The van der Waals surface area contributed by atoms with E-state index in [-0.39, 0.29) is 25.2 Å². The summed E-state index contributed by atoms with van der Waals surface area (Å²) in [5.74, 6) is -1.06. The van der Waals surface area contributed by atoms with Crippen LogP contribution < -0.4 is 0 Å². The molecule has 0 saturated carbocycles. The first kappa shape index (κ1) is 11.4. The minimum Gasteiger partial charge on any atom is -0.477 e. The molecule has 0 amide bonds. The minimum atomic E-state index is -1.06. The van der Waals surface area contributed by atoms with E-state index in [0.29, 0.717) is 0 Å². The van der Waals surface area contributed by atoms with Gasteiger partial charge in [0, 0.05) is 19.5 Å². The molecule has 0 aliphatic carbocycles. The number of carboxylic acids is 1. The van der Waals surface area contributed by atoms with Gasteiger partial charge in [0.05, 0.1) is 0 Å². The number of carboxylic acid groups (broad SMARTS) is 1. The van der Waals surface area contributed by atoms with E-state index in [2.05, 4.69) is 9.99 Å². The fraction of sp³-hybridized carbons (Fsp3) is 0.500. The predicted octanol–water partition coefficient (Wildman–Crippen LogP) is 0.0908. The van der Waals surface area contributed by atoms with Crippen molar-refractivity contribution >= 4 is 11.7 Å². The Morgan fingerprint density at radius 3 is 2.22 bits per heavy atom. The number of hydrogen-bond acceptors (Lipinski definition) is 3. The van der Waals surface area contributed by atoms with Crippen LogP contribution in [-0.2, 0) is 29.1 Å². The van der Waals surface area contributed by atoms with E-state index < -0.39 is 5.97 Å². The molecule has 0 aromatic rings. The van der Waals surface area contributed by atoms with Crippen molar-refractivity contribution in [1.29, 1.82) is 0 Å². The largest absolute Gasteiger partial charge is 0.477 e. The molecule has 4 nitrogen and oxygen atoms in total. The zero-order valence-electron chi connectivity index (χ0n) is 5.42. The maximum atomic E-state index is 9.88. The molecular weight excluding hydrogens is 175 g/mol. The van der Waals surface area contributed by atoms with Crippen LogP contribution in [0.25, 0.3) is 0 Å². The topological polar surface area (TPSA) is 58.9 Å². The summed E-state index contributed by atoms with van der Waals surface area (Å²) in [6.07, 6.45) is 0. The maximum absolute atomic E-state index is 9.88. The number of carbonyl (C=O) groups is 1. The van der Waals surface area contributed by atoms with E-state index >= 15 is 0 Å². The van der Waals surface area contributed by atoms with Gasteiger partial charge in [0.25, 0.3) is 0 Å².